The first kappa shape index (κ1) is 14.2. The number of hydrogen-bond donors (Lipinski definition) is 0. The number of likely N-dealkylation sites (tertiary alicyclic amines) is 1. The lowest BCUT2D eigenvalue weighted by Gasteiger charge is -2.30. The second-order valence-corrected chi connectivity index (χ2v) is 6.32. The van der Waals surface area contributed by atoms with Crippen LogP contribution in [-0.4, -0.2) is 41.8 Å². The molecule has 2 bridgehead atoms. The Hall–Kier alpha value is -1.26. The minimum Gasteiger partial charge on any atom is -0.466 e. The molecule has 0 aromatic heterocycles. The number of carbonyl (C=O) groups excluding carboxylic acids is 2. The average molecular weight is 269 g/mol. The number of hydrogen-bond acceptors (Lipinski definition) is 4. The predicted molar refractivity (Wildman–Crippen MR) is 69.6 cm³/mol. The van der Waals surface area contributed by atoms with Crippen molar-refractivity contribution in [3.05, 3.63) is 0 Å². The second kappa shape index (κ2) is 5.02. The minimum atomic E-state index is -0.502. The molecule has 1 saturated heterocycles. The van der Waals surface area contributed by atoms with E-state index < -0.39 is 5.60 Å². The quantitative estimate of drug-likeness (QED) is 0.721. The summed E-state index contributed by atoms with van der Waals surface area (Å²) < 4.78 is 10.5. The van der Waals surface area contributed by atoms with Gasteiger partial charge in [-0.05, 0) is 46.5 Å². The molecule has 5 heteroatoms. The van der Waals surface area contributed by atoms with Crippen molar-refractivity contribution in [2.24, 2.45) is 11.8 Å². The highest BCUT2D eigenvalue weighted by Gasteiger charge is 2.53. The molecule has 1 aliphatic carbocycles. The van der Waals surface area contributed by atoms with Gasteiger partial charge in [-0.1, -0.05) is 0 Å². The van der Waals surface area contributed by atoms with Crippen LogP contribution in [0.2, 0.25) is 0 Å². The van der Waals surface area contributed by atoms with Crippen LogP contribution in [0.15, 0.2) is 0 Å². The molecule has 1 saturated carbocycles. The average Bonchev–Trinajstić information content (AvgIpc) is 2.83. The van der Waals surface area contributed by atoms with Gasteiger partial charge in [0.05, 0.1) is 12.5 Å². The highest BCUT2D eigenvalue weighted by Crippen LogP contribution is 2.43. The van der Waals surface area contributed by atoms with Crippen LogP contribution in [0.5, 0.6) is 0 Å². The molecule has 5 nitrogen and oxygen atoms in total. The van der Waals surface area contributed by atoms with E-state index in [0.29, 0.717) is 13.2 Å². The van der Waals surface area contributed by atoms with Crippen LogP contribution >= 0.6 is 0 Å². The SMILES string of the molecule is CCOC(=O)[C@@H]1[C@H]2CC[C@H]1N(C(=O)OC(C)(C)C)C2. The Labute approximate surface area is 114 Å². The molecule has 108 valence electrons. The Balaban J connectivity index is 2.03. The van der Waals surface area contributed by atoms with E-state index in [1.54, 1.807) is 11.8 Å². The van der Waals surface area contributed by atoms with Gasteiger partial charge >= 0.3 is 12.1 Å². The number of carbonyl (C=O) groups is 2. The molecular weight excluding hydrogens is 246 g/mol. The molecule has 1 heterocycles. The number of esters is 1. The first-order valence-corrected chi connectivity index (χ1v) is 6.99. The summed E-state index contributed by atoms with van der Waals surface area (Å²) in [5.41, 5.74) is -0.502. The van der Waals surface area contributed by atoms with Gasteiger partial charge in [0.1, 0.15) is 5.60 Å². The largest absolute Gasteiger partial charge is 0.466 e. The minimum absolute atomic E-state index is 0.0427. The fourth-order valence-electron chi connectivity index (χ4n) is 3.12. The maximum Gasteiger partial charge on any atom is 0.410 e. The molecule has 2 aliphatic rings. The van der Waals surface area contributed by atoms with E-state index in [-0.39, 0.29) is 29.9 Å². The van der Waals surface area contributed by atoms with E-state index >= 15 is 0 Å². The van der Waals surface area contributed by atoms with Gasteiger partial charge in [0.15, 0.2) is 0 Å². The molecule has 19 heavy (non-hydrogen) atoms. The van der Waals surface area contributed by atoms with Gasteiger partial charge < -0.3 is 14.4 Å². The molecule has 1 aliphatic heterocycles. The summed E-state index contributed by atoms with van der Waals surface area (Å²) >= 11 is 0. The molecule has 2 fully saturated rings. The topological polar surface area (TPSA) is 55.8 Å². The Kier molecular flexibility index (Phi) is 3.74. The van der Waals surface area contributed by atoms with Crippen LogP contribution in [0, 0.1) is 11.8 Å². The van der Waals surface area contributed by atoms with Crippen LogP contribution in [0.3, 0.4) is 0 Å². The van der Waals surface area contributed by atoms with Crippen LogP contribution in [-0.2, 0) is 14.3 Å². The summed E-state index contributed by atoms with van der Waals surface area (Å²) in [6, 6.07) is -0.0427. The van der Waals surface area contributed by atoms with Crippen molar-refractivity contribution >= 4 is 12.1 Å². The maximum absolute atomic E-state index is 12.1. The fraction of sp³-hybridized carbons (Fsp3) is 0.857. The lowest BCUT2D eigenvalue weighted by atomic mass is 9.99. The standard InChI is InChI=1S/C14H23NO4/c1-5-18-12(16)11-9-6-7-10(11)15(8-9)13(17)19-14(2,3)4/h9-11H,5-8H2,1-4H3/t9-,10+,11+/m0/s1. The zero-order chi connectivity index (χ0) is 14.2. The van der Waals surface area contributed by atoms with Crippen molar-refractivity contribution in [1.29, 1.82) is 0 Å². The van der Waals surface area contributed by atoms with Gasteiger partial charge in [0, 0.05) is 12.6 Å². The third-order valence-corrected chi connectivity index (χ3v) is 3.77. The number of rotatable bonds is 2. The smallest absolute Gasteiger partial charge is 0.410 e. The molecular formula is C14H23NO4. The van der Waals surface area contributed by atoms with Crippen molar-refractivity contribution in [3.8, 4) is 0 Å². The zero-order valence-electron chi connectivity index (χ0n) is 12.1. The molecule has 3 atom stereocenters. The first-order valence-electron chi connectivity index (χ1n) is 6.99. The summed E-state index contributed by atoms with van der Waals surface area (Å²) in [5.74, 6) is -0.0925. The highest BCUT2D eigenvalue weighted by molar-refractivity contribution is 5.77. The summed E-state index contributed by atoms with van der Waals surface area (Å²) in [5, 5.41) is 0. The van der Waals surface area contributed by atoms with Crippen molar-refractivity contribution < 1.29 is 19.1 Å². The molecule has 0 unspecified atom stereocenters. The number of amides is 1. The molecule has 0 spiro atoms. The van der Waals surface area contributed by atoms with Gasteiger partial charge in [-0.2, -0.15) is 0 Å². The van der Waals surface area contributed by atoms with Gasteiger partial charge in [0.2, 0.25) is 0 Å². The van der Waals surface area contributed by atoms with Gasteiger partial charge in [0.25, 0.3) is 0 Å². The predicted octanol–water partition coefficient (Wildman–Crippen LogP) is 2.20. The molecule has 0 radical (unpaired) electrons. The summed E-state index contributed by atoms with van der Waals surface area (Å²) in [7, 11) is 0. The van der Waals surface area contributed by atoms with Crippen molar-refractivity contribution in [3.63, 3.8) is 0 Å². The molecule has 0 aromatic carbocycles. The Bertz CT molecular complexity index is 374. The van der Waals surface area contributed by atoms with E-state index in [0.717, 1.165) is 12.8 Å². The molecule has 1 amide bonds. The van der Waals surface area contributed by atoms with Crippen molar-refractivity contribution in [2.75, 3.05) is 13.2 Å². The lowest BCUT2D eigenvalue weighted by Crippen LogP contribution is -2.42. The molecule has 2 rings (SSSR count). The van der Waals surface area contributed by atoms with Crippen molar-refractivity contribution in [1.82, 2.24) is 4.90 Å². The monoisotopic (exact) mass is 269 g/mol. The fourth-order valence-corrected chi connectivity index (χ4v) is 3.12. The van der Waals surface area contributed by atoms with Crippen LogP contribution in [0.4, 0.5) is 4.79 Å². The van der Waals surface area contributed by atoms with Crippen LogP contribution < -0.4 is 0 Å². The van der Waals surface area contributed by atoms with Crippen LogP contribution in [0.25, 0.3) is 0 Å². The number of fused-ring (bicyclic) bond motifs is 2. The lowest BCUT2D eigenvalue weighted by molar-refractivity contribution is -0.149. The van der Waals surface area contributed by atoms with E-state index in [1.807, 2.05) is 20.8 Å². The number of ether oxygens (including phenoxy) is 2. The zero-order valence-corrected chi connectivity index (χ0v) is 12.1. The van der Waals surface area contributed by atoms with E-state index in [9.17, 15) is 9.59 Å². The molecule has 0 aromatic rings. The summed E-state index contributed by atoms with van der Waals surface area (Å²) in [4.78, 5) is 25.8. The molecule has 0 N–H and O–H groups in total. The van der Waals surface area contributed by atoms with Gasteiger partial charge in [-0.15, -0.1) is 0 Å². The third kappa shape index (κ3) is 2.85. The summed E-state index contributed by atoms with van der Waals surface area (Å²) in [6.07, 6.45) is 1.55. The third-order valence-electron chi connectivity index (χ3n) is 3.77. The Morgan fingerprint density at radius 2 is 1.95 bits per heavy atom. The first-order chi connectivity index (χ1) is 8.83. The Morgan fingerprint density at radius 3 is 2.53 bits per heavy atom. The number of nitrogens with zero attached hydrogens (tertiary/aromatic N) is 1. The summed E-state index contributed by atoms with van der Waals surface area (Å²) in [6.45, 7) is 8.36. The number of piperidine rings is 1. The van der Waals surface area contributed by atoms with E-state index in [4.69, 9.17) is 9.47 Å². The van der Waals surface area contributed by atoms with Crippen molar-refractivity contribution in [2.45, 2.75) is 52.2 Å². The van der Waals surface area contributed by atoms with E-state index in [1.165, 1.54) is 0 Å². The Morgan fingerprint density at radius 1 is 1.26 bits per heavy atom. The normalized spacial score (nSPS) is 29.5. The maximum atomic E-state index is 12.1. The van der Waals surface area contributed by atoms with Gasteiger partial charge in [-0.3, -0.25) is 4.79 Å². The second-order valence-electron chi connectivity index (χ2n) is 6.32. The van der Waals surface area contributed by atoms with Crippen LogP contribution in [0.1, 0.15) is 40.5 Å². The highest BCUT2D eigenvalue weighted by atomic mass is 16.6. The van der Waals surface area contributed by atoms with Gasteiger partial charge in [-0.25, -0.2) is 4.79 Å². The van der Waals surface area contributed by atoms with E-state index in [2.05, 4.69) is 0 Å².